The molecule has 0 bridgehead atoms. The van der Waals surface area contributed by atoms with Crippen LogP contribution in [0.25, 0.3) is 0 Å². The van der Waals surface area contributed by atoms with E-state index in [1.807, 2.05) is 40.7 Å². The van der Waals surface area contributed by atoms with Crippen molar-refractivity contribution in [3.63, 3.8) is 0 Å². The Balaban J connectivity index is 1.53. The number of aryl methyl sites for hydroxylation is 1. The zero-order chi connectivity index (χ0) is 23.8. The highest BCUT2D eigenvalue weighted by molar-refractivity contribution is 7.17. The van der Waals surface area contributed by atoms with Gasteiger partial charge in [-0.2, -0.15) is 0 Å². The van der Waals surface area contributed by atoms with Gasteiger partial charge in [-0.25, -0.2) is 19.7 Å². The number of hydrogen-bond donors (Lipinski definition) is 1. The molecule has 182 valence electrons. The Labute approximate surface area is 199 Å². The SMILES string of the molecule is CCOC(C)OCCN1CCN(c2cc(Nc3ncc(C(=O)OC(C)C)s3)nc(C)n2)CC1. The number of piperazine rings is 1. The molecule has 1 aliphatic rings. The molecule has 3 heterocycles. The van der Waals surface area contributed by atoms with E-state index in [-0.39, 0.29) is 18.4 Å². The summed E-state index contributed by atoms with van der Waals surface area (Å²) in [5.74, 6) is 1.83. The molecule has 1 aliphatic heterocycles. The van der Waals surface area contributed by atoms with Gasteiger partial charge in [-0.05, 0) is 34.6 Å². The third-order valence-corrected chi connectivity index (χ3v) is 5.86. The lowest BCUT2D eigenvalue weighted by molar-refractivity contribution is -0.129. The standard InChI is InChI=1S/C22H34N6O4S/c1-6-30-17(5)31-12-11-27-7-9-28(10-8-27)20-13-19(24-16(4)25-20)26-22-23-14-18(33-22)21(29)32-15(2)3/h13-15,17H,6-12H2,1-5H3,(H,23,24,25,26). The first-order valence-corrected chi connectivity index (χ1v) is 12.2. The van der Waals surface area contributed by atoms with Crippen molar-refractivity contribution in [3.8, 4) is 0 Å². The maximum absolute atomic E-state index is 12.1. The van der Waals surface area contributed by atoms with E-state index in [9.17, 15) is 4.79 Å². The smallest absolute Gasteiger partial charge is 0.350 e. The molecule has 0 amide bonds. The minimum atomic E-state index is -0.370. The second-order valence-electron chi connectivity index (χ2n) is 7.99. The molecule has 11 heteroatoms. The molecular weight excluding hydrogens is 444 g/mol. The van der Waals surface area contributed by atoms with E-state index in [0.29, 0.717) is 34.9 Å². The number of ether oxygens (including phenoxy) is 3. The molecule has 0 aromatic carbocycles. The molecule has 1 atom stereocenters. The highest BCUT2D eigenvalue weighted by Gasteiger charge is 2.20. The molecule has 1 saturated heterocycles. The summed E-state index contributed by atoms with van der Waals surface area (Å²) in [7, 11) is 0. The average Bonchev–Trinajstić information content (AvgIpc) is 3.22. The first-order valence-electron chi connectivity index (χ1n) is 11.3. The molecule has 0 spiro atoms. The summed E-state index contributed by atoms with van der Waals surface area (Å²) in [6, 6.07) is 1.92. The summed E-state index contributed by atoms with van der Waals surface area (Å²) >= 11 is 1.24. The van der Waals surface area contributed by atoms with Crippen molar-refractivity contribution in [1.29, 1.82) is 0 Å². The summed E-state index contributed by atoms with van der Waals surface area (Å²) in [4.78, 5) is 30.5. The molecule has 1 unspecified atom stereocenters. The Morgan fingerprint density at radius 1 is 1.18 bits per heavy atom. The predicted molar refractivity (Wildman–Crippen MR) is 128 cm³/mol. The fourth-order valence-corrected chi connectivity index (χ4v) is 4.12. The van der Waals surface area contributed by atoms with E-state index in [1.54, 1.807) is 0 Å². The zero-order valence-corrected chi connectivity index (χ0v) is 20.9. The number of thiazole rings is 1. The van der Waals surface area contributed by atoms with Crippen molar-refractivity contribution < 1.29 is 19.0 Å². The number of esters is 1. The van der Waals surface area contributed by atoms with Gasteiger partial charge in [0.05, 0.1) is 18.9 Å². The lowest BCUT2D eigenvalue weighted by Crippen LogP contribution is -2.47. The number of aromatic nitrogens is 3. The number of rotatable bonds is 11. The van der Waals surface area contributed by atoms with E-state index in [2.05, 4.69) is 30.1 Å². The second-order valence-corrected chi connectivity index (χ2v) is 9.02. The first-order chi connectivity index (χ1) is 15.8. The summed E-state index contributed by atoms with van der Waals surface area (Å²) in [6.45, 7) is 15.2. The van der Waals surface area contributed by atoms with Crippen molar-refractivity contribution in [1.82, 2.24) is 19.9 Å². The van der Waals surface area contributed by atoms with Crippen LogP contribution in [0.2, 0.25) is 0 Å². The van der Waals surface area contributed by atoms with Crippen LogP contribution < -0.4 is 10.2 Å². The maximum Gasteiger partial charge on any atom is 0.350 e. The Hall–Kier alpha value is -2.34. The maximum atomic E-state index is 12.1. The number of nitrogens with one attached hydrogen (secondary N) is 1. The molecule has 0 saturated carbocycles. The minimum absolute atomic E-state index is 0.166. The molecule has 0 aliphatic carbocycles. The Kier molecular flexibility index (Phi) is 9.36. The molecule has 1 N–H and O–H groups in total. The van der Waals surface area contributed by atoms with Gasteiger partial charge in [-0.1, -0.05) is 11.3 Å². The Bertz CT molecular complexity index is 901. The third-order valence-electron chi connectivity index (χ3n) is 4.97. The summed E-state index contributed by atoms with van der Waals surface area (Å²) in [5.41, 5.74) is 0. The van der Waals surface area contributed by atoms with Crippen LogP contribution in [0, 0.1) is 6.92 Å². The topological polar surface area (TPSA) is 102 Å². The second kappa shape index (κ2) is 12.2. The highest BCUT2D eigenvalue weighted by atomic mass is 32.1. The molecule has 3 rings (SSSR count). The van der Waals surface area contributed by atoms with Gasteiger partial charge in [0.25, 0.3) is 0 Å². The average molecular weight is 479 g/mol. The molecule has 1 fully saturated rings. The molecule has 0 radical (unpaired) electrons. The van der Waals surface area contributed by atoms with E-state index >= 15 is 0 Å². The number of nitrogens with zero attached hydrogens (tertiary/aromatic N) is 5. The number of anilines is 3. The van der Waals surface area contributed by atoms with Crippen LogP contribution in [-0.4, -0.2) is 84.2 Å². The quantitative estimate of drug-likeness (QED) is 0.383. The molecule has 2 aromatic heterocycles. The minimum Gasteiger partial charge on any atom is -0.459 e. The summed E-state index contributed by atoms with van der Waals surface area (Å²) < 4.78 is 16.3. The molecule has 33 heavy (non-hydrogen) atoms. The Morgan fingerprint density at radius 3 is 2.64 bits per heavy atom. The number of hydrogen-bond acceptors (Lipinski definition) is 11. The van der Waals surface area contributed by atoms with Gasteiger partial charge in [-0.15, -0.1) is 0 Å². The largest absolute Gasteiger partial charge is 0.459 e. The van der Waals surface area contributed by atoms with Crippen LogP contribution in [0.5, 0.6) is 0 Å². The van der Waals surface area contributed by atoms with Gasteiger partial charge in [0.15, 0.2) is 11.4 Å². The van der Waals surface area contributed by atoms with Crippen LogP contribution in [0.4, 0.5) is 16.8 Å². The predicted octanol–water partition coefficient (Wildman–Crippen LogP) is 3.07. The lowest BCUT2D eigenvalue weighted by Gasteiger charge is -2.35. The number of carbonyl (C=O) groups is 1. The van der Waals surface area contributed by atoms with Gasteiger partial charge in [0.1, 0.15) is 22.3 Å². The van der Waals surface area contributed by atoms with E-state index < -0.39 is 0 Å². The fraction of sp³-hybridized carbons (Fsp3) is 0.636. The zero-order valence-electron chi connectivity index (χ0n) is 20.0. The van der Waals surface area contributed by atoms with Gasteiger partial charge in [-0.3, -0.25) is 4.90 Å². The van der Waals surface area contributed by atoms with Gasteiger partial charge >= 0.3 is 5.97 Å². The molecule has 10 nitrogen and oxygen atoms in total. The summed E-state index contributed by atoms with van der Waals surface area (Å²) in [5, 5.41) is 3.78. The Morgan fingerprint density at radius 2 is 1.94 bits per heavy atom. The number of carbonyl (C=O) groups excluding carboxylic acids is 1. The van der Waals surface area contributed by atoms with Crippen LogP contribution in [0.15, 0.2) is 12.3 Å². The van der Waals surface area contributed by atoms with E-state index in [4.69, 9.17) is 14.2 Å². The van der Waals surface area contributed by atoms with Gasteiger partial charge in [0, 0.05) is 45.4 Å². The lowest BCUT2D eigenvalue weighted by atomic mass is 10.3. The van der Waals surface area contributed by atoms with E-state index in [1.165, 1.54) is 17.5 Å². The van der Waals surface area contributed by atoms with Gasteiger partial charge in [0.2, 0.25) is 0 Å². The van der Waals surface area contributed by atoms with Crippen molar-refractivity contribution in [2.75, 3.05) is 56.2 Å². The highest BCUT2D eigenvalue weighted by Crippen LogP contribution is 2.25. The van der Waals surface area contributed by atoms with Crippen molar-refractivity contribution >= 4 is 34.1 Å². The van der Waals surface area contributed by atoms with Crippen LogP contribution in [-0.2, 0) is 14.2 Å². The summed E-state index contributed by atoms with van der Waals surface area (Å²) in [6.07, 6.45) is 1.18. The van der Waals surface area contributed by atoms with E-state index in [0.717, 1.165) is 38.5 Å². The fourth-order valence-electron chi connectivity index (χ4n) is 3.42. The van der Waals surface area contributed by atoms with Crippen molar-refractivity contribution in [2.45, 2.75) is 47.0 Å². The van der Waals surface area contributed by atoms with Crippen LogP contribution in [0.3, 0.4) is 0 Å². The normalized spacial score (nSPS) is 15.6. The molecular formula is C22H34N6O4S. The van der Waals surface area contributed by atoms with Crippen molar-refractivity contribution in [2.24, 2.45) is 0 Å². The van der Waals surface area contributed by atoms with Crippen molar-refractivity contribution in [3.05, 3.63) is 23.0 Å². The van der Waals surface area contributed by atoms with Crippen LogP contribution >= 0.6 is 11.3 Å². The van der Waals surface area contributed by atoms with Crippen LogP contribution in [0.1, 0.15) is 43.2 Å². The first kappa shape index (κ1) is 25.3. The monoisotopic (exact) mass is 478 g/mol. The van der Waals surface area contributed by atoms with Gasteiger partial charge < -0.3 is 24.4 Å². The molecule has 2 aromatic rings. The third kappa shape index (κ3) is 7.88.